The van der Waals surface area contributed by atoms with Gasteiger partial charge in [-0.15, -0.1) is 11.6 Å². The summed E-state index contributed by atoms with van der Waals surface area (Å²) in [5.41, 5.74) is 5.09. The number of halogens is 1. The van der Waals surface area contributed by atoms with Crippen molar-refractivity contribution in [2.75, 3.05) is 6.61 Å². The van der Waals surface area contributed by atoms with Gasteiger partial charge in [0.15, 0.2) is 0 Å². The van der Waals surface area contributed by atoms with Crippen molar-refractivity contribution in [2.45, 2.75) is 26.1 Å². The van der Waals surface area contributed by atoms with E-state index in [2.05, 4.69) is 23.6 Å². The summed E-state index contributed by atoms with van der Waals surface area (Å²) in [6.07, 6.45) is 2.08. The molecule has 22 heavy (non-hydrogen) atoms. The standard InChI is InChI=1S/C18H19ClN2O/c1-4-22-15-8-6-14(7-9-15)17-18(13(3)19)21-11-12(2)5-10-16(21)20-17/h5-11,13H,4H2,1-3H3. The van der Waals surface area contributed by atoms with Crippen molar-refractivity contribution in [3.05, 3.63) is 53.9 Å². The van der Waals surface area contributed by atoms with Crippen LogP contribution in [0.5, 0.6) is 5.75 Å². The number of aromatic nitrogens is 2. The highest BCUT2D eigenvalue weighted by Gasteiger charge is 2.18. The molecule has 0 aliphatic carbocycles. The summed E-state index contributed by atoms with van der Waals surface area (Å²) >= 11 is 6.43. The molecule has 0 amide bonds. The van der Waals surface area contributed by atoms with Crippen LogP contribution >= 0.6 is 11.6 Å². The van der Waals surface area contributed by atoms with Gasteiger partial charge in [-0.1, -0.05) is 6.07 Å². The number of hydrogen-bond acceptors (Lipinski definition) is 2. The number of aryl methyl sites for hydroxylation is 1. The second-order valence-electron chi connectivity index (χ2n) is 5.35. The van der Waals surface area contributed by atoms with Crippen molar-refractivity contribution < 1.29 is 4.74 Å². The molecule has 1 aromatic carbocycles. The lowest BCUT2D eigenvalue weighted by Gasteiger charge is -2.08. The van der Waals surface area contributed by atoms with Crippen molar-refractivity contribution in [3.63, 3.8) is 0 Å². The maximum Gasteiger partial charge on any atom is 0.137 e. The third kappa shape index (κ3) is 2.69. The van der Waals surface area contributed by atoms with Gasteiger partial charge in [-0.2, -0.15) is 0 Å². The quantitative estimate of drug-likeness (QED) is 0.633. The third-order valence-electron chi connectivity index (χ3n) is 3.62. The number of rotatable bonds is 4. The van der Waals surface area contributed by atoms with Gasteiger partial charge in [0.2, 0.25) is 0 Å². The first kappa shape index (κ1) is 14.9. The molecule has 1 atom stereocenters. The maximum absolute atomic E-state index is 6.43. The van der Waals surface area contributed by atoms with E-state index < -0.39 is 0 Å². The van der Waals surface area contributed by atoms with E-state index in [-0.39, 0.29) is 5.38 Å². The fourth-order valence-corrected chi connectivity index (χ4v) is 2.85. The van der Waals surface area contributed by atoms with Gasteiger partial charge in [0.05, 0.1) is 23.4 Å². The van der Waals surface area contributed by atoms with Gasteiger partial charge >= 0.3 is 0 Å². The summed E-state index contributed by atoms with van der Waals surface area (Å²) in [4.78, 5) is 4.76. The Morgan fingerprint density at radius 1 is 1.18 bits per heavy atom. The number of ether oxygens (including phenoxy) is 1. The summed E-state index contributed by atoms with van der Waals surface area (Å²) in [6.45, 7) is 6.69. The molecule has 2 heterocycles. The molecular formula is C18H19ClN2O. The molecule has 0 saturated carbocycles. The summed E-state index contributed by atoms with van der Waals surface area (Å²) in [6, 6.07) is 12.1. The average Bonchev–Trinajstić information content (AvgIpc) is 2.87. The van der Waals surface area contributed by atoms with Crippen LogP contribution in [0.2, 0.25) is 0 Å². The van der Waals surface area contributed by atoms with E-state index in [1.54, 1.807) is 0 Å². The molecule has 0 aliphatic heterocycles. The highest BCUT2D eigenvalue weighted by atomic mass is 35.5. The Bertz CT molecular complexity index is 791. The molecule has 3 aromatic rings. The highest BCUT2D eigenvalue weighted by Crippen LogP contribution is 2.33. The minimum absolute atomic E-state index is 0.127. The fraction of sp³-hybridized carbons (Fsp3) is 0.278. The number of fused-ring (bicyclic) bond motifs is 1. The highest BCUT2D eigenvalue weighted by molar-refractivity contribution is 6.20. The summed E-state index contributed by atoms with van der Waals surface area (Å²) in [5.74, 6) is 0.867. The summed E-state index contributed by atoms with van der Waals surface area (Å²) in [5, 5.41) is -0.127. The topological polar surface area (TPSA) is 26.5 Å². The van der Waals surface area contributed by atoms with Crippen molar-refractivity contribution in [3.8, 4) is 17.0 Å². The van der Waals surface area contributed by atoms with Crippen LogP contribution in [0.1, 0.15) is 30.5 Å². The van der Waals surface area contributed by atoms with Crippen LogP contribution in [-0.2, 0) is 0 Å². The molecule has 0 bridgehead atoms. The van der Waals surface area contributed by atoms with Crippen LogP contribution in [-0.4, -0.2) is 16.0 Å². The number of benzene rings is 1. The minimum atomic E-state index is -0.127. The third-order valence-corrected chi connectivity index (χ3v) is 3.83. The molecule has 0 spiro atoms. The van der Waals surface area contributed by atoms with E-state index in [0.717, 1.165) is 28.3 Å². The zero-order chi connectivity index (χ0) is 15.7. The van der Waals surface area contributed by atoms with Gasteiger partial charge in [0, 0.05) is 11.8 Å². The van der Waals surface area contributed by atoms with E-state index in [1.807, 2.05) is 44.2 Å². The molecule has 0 N–H and O–H groups in total. The Labute approximate surface area is 135 Å². The van der Waals surface area contributed by atoms with Gasteiger partial charge < -0.3 is 9.14 Å². The Kier molecular flexibility index (Phi) is 4.08. The lowest BCUT2D eigenvalue weighted by atomic mass is 10.1. The van der Waals surface area contributed by atoms with Crippen molar-refractivity contribution in [1.29, 1.82) is 0 Å². The van der Waals surface area contributed by atoms with Crippen LogP contribution in [0.25, 0.3) is 16.9 Å². The van der Waals surface area contributed by atoms with E-state index >= 15 is 0 Å². The molecule has 0 aliphatic rings. The van der Waals surface area contributed by atoms with Crippen molar-refractivity contribution in [1.82, 2.24) is 9.38 Å². The van der Waals surface area contributed by atoms with Crippen molar-refractivity contribution >= 4 is 17.2 Å². The van der Waals surface area contributed by atoms with Gasteiger partial charge in [-0.25, -0.2) is 4.98 Å². The fourth-order valence-electron chi connectivity index (χ4n) is 2.64. The zero-order valence-electron chi connectivity index (χ0n) is 13.0. The van der Waals surface area contributed by atoms with Crippen LogP contribution in [0.4, 0.5) is 0 Å². The number of alkyl halides is 1. The second kappa shape index (κ2) is 6.01. The first-order valence-electron chi connectivity index (χ1n) is 7.46. The van der Waals surface area contributed by atoms with Gasteiger partial charge in [0.1, 0.15) is 11.4 Å². The molecule has 3 nitrogen and oxygen atoms in total. The number of nitrogens with zero attached hydrogens (tertiary/aromatic N) is 2. The van der Waals surface area contributed by atoms with Gasteiger partial charge in [0.25, 0.3) is 0 Å². The molecule has 2 aromatic heterocycles. The molecule has 1 unspecified atom stereocenters. The monoisotopic (exact) mass is 314 g/mol. The molecule has 4 heteroatoms. The SMILES string of the molecule is CCOc1ccc(-c2nc3ccc(C)cn3c2C(C)Cl)cc1. The lowest BCUT2D eigenvalue weighted by molar-refractivity contribution is 0.340. The second-order valence-corrected chi connectivity index (χ2v) is 6.01. The van der Waals surface area contributed by atoms with E-state index in [4.69, 9.17) is 21.3 Å². The Morgan fingerprint density at radius 3 is 2.55 bits per heavy atom. The molecule has 0 radical (unpaired) electrons. The van der Waals surface area contributed by atoms with E-state index in [0.29, 0.717) is 6.61 Å². The van der Waals surface area contributed by atoms with Crippen LogP contribution < -0.4 is 4.74 Å². The largest absolute Gasteiger partial charge is 0.494 e. The molecule has 0 saturated heterocycles. The van der Waals surface area contributed by atoms with Gasteiger partial charge in [-0.3, -0.25) is 0 Å². The van der Waals surface area contributed by atoms with Crippen molar-refractivity contribution in [2.24, 2.45) is 0 Å². The molecule has 0 fully saturated rings. The van der Waals surface area contributed by atoms with E-state index in [1.165, 1.54) is 5.56 Å². The zero-order valence-corrected chi connectivity index (χ0v) is 13.8. The summed E-state index contributed by atoms with van der Waals surface area (Å²) in [7, 11) is 0. The Balaban J connectivity index is 2.15. The van der Waals surface area contributed by atoms with Crippen LogP contribution in [0.3, 0.4) is 0 Å². The molecular weight excluding hydrogens is 296 g/mol. The first-order valence-corrected chi connectivity index (χ1v) is 7.89. The lowest BCUT2D eigenvalue weighted by Crippen LogP contribution is -1.96. The Morgan fingerprint density at radius 2 is 1.91 bits per heavy atom. The van der Waals surface area contributed by atoms with Gasteiger partial charge in [-0.05, 0) is 56.7 Å². The average molecular weight is 315 g/mol. The summed E-state index contributed by atoms with van der Waals surface area (Å²) < 4.78 is 7.58. The van der Waals surface area contributed by atoms with Crippen LogP contribution in [0, 0.1) is 6.92 Å². The predicted octanol–water partition coefficient (Wildman–Crippen LogP) is 5.01. The molecule has 3 rings (SSSR count). The number of hydrogen-bond donors (Lipinski definition) is 0. The smallest absolute Gasteiger partial charge is 0.137 e. The van der Waals surface area contributed by atoms with Crippen LogP contribution in [0.15, 0.2) is 42.6 Å². The first-order chi connectivity index (χ1) is 10.6. The Hall–Kier alpha value is -2.00. The maximum atomic E-state index is 6.43. The normalized spacial score (nSPS) is 12.5. The number of pyridine rings is 1. The minimum Gasteiger partial charge on any atom is -0.494 e. The molecule has 114 valence electrons. The number of imidazole rings is 1. The van der Waals surface area contributed by atoms with E-state index in [9.17, 15) is 0 Å². The predicted molar refractivity (Wildman–Crippen MR) is 90.8 cm³/mol.